The summed E-state index contributed by atoms with van der Waals surface area (Å²) in [5, 5.41) is 2.92. The topological polar surface area (TPSA) is 58.6 Å². The summed E-state index contributed by atoms with van der Waals surface area (Å²) in [6, 6.07) is 6.01. The van der Waals surface area contributed by atoms with Gasteiger partial charge in [-0.15, -0.1) is 0 Å². The highest BCUT2D eigenvalue weighted by Gasteiger charge is 2.32. The van der Waals surface area contributed by atoms with Crippen molar-refractivity contribution in [3.63, 3.8) is 0 Å². The lowest BCUT2D eigenvalue weighted by molar-refractivity contribution is -0.129. The van der Waals surface area contributed by atoms with Crippen molar-refractivity contribution in [3.8, 4) is 0 Å². The van der Waals surface area contributed by atoms with E-state index in [4.69, 9.17) is 4.74 Å². The van der Waals surface area contributed by atoms with Crippen LogP contribution in [-0.2, 0) is 14.3 Å². The predicted octanol–water partition coefficient (Wildman–Crippen LogP) is 1.56. The Balaban J connectivity index is 1.63. The van der Waals surface area contributed by atoms with Gasteiger partial charge in [-0.3, -0.25) is 9.59 Å². The lowest BCUT2D eigenvalue weighted by atomic mass is 10.1. The number of carbonyl (C=O) groups excluding carboxylic acids is 2. The number of carbonyl (C=O) groups is 2. The van der Waals surface area contributed by atoms with E-state index in [2.05, 4.69) is 12.2 Å². The molecular weight excluding hydrogens is 280 g/mol. The highest BCUT2D eigenvalue weighted by atomic mass is 16.5. The van der Waals surface area contributed by atoms with Crippen molar-refractivity contribution >= 4 is 17.5 Å². The van der Waals surface area contributed by atoms with Crippen molar-refractivity contribution in [1.82, 2.24) is 5.32 Å². The van der Waals surface area contributed by atoms with Gasteiger partial charge < -0.3 is 15.0 Å². The van der Waals surface area contributed by atoms with E-state index in [1.165, 1.54) is 5.56 Å². The van der Waals surface area contributed by atoms with Crippen LogP contribution in [0.1, 0.15) is 24.0 Å². The second-order valence-corrected chi connectivity index (χ2v) is 6.23. The van der Waals surface area contributed by atoms with Crippen LogP contribution in [0.5, 0.6) is 0 Å². The van der Waals surface area contributed by atoms with Gasteiger partial charge in [-0.25, -0.2) is 0 Å². The Kier molecular flexibility index (Phi) is 4.16. The molecule has 1 N–H and O–H groups in total. The summed E-state index contributed by atoms with van der Waals surface area (Å²) in [6.45, 7) is 5.10. The van der Waals surface area contributed by atoms with Crippen LogP contribution in [0, 0.1) is 19.8 Å². The number of nitrogens with one attached hydrogen (secondary N) is 1. The Morgan fingerprint density at radius 2 is 2.09 bits per heavy atom. The molecule has 0 aromatic heterocycles. The Hall–Kier alpha value is -1.88. The van der Waals surface area contributed by atoms with Crippen molar-refractivity contribution in [3.05, 3.63) is 29.3 Å². The lowest BCUT2D eigenvalue weighted by Gasteiger charge is -2.33. The highest BCUT2D eigenvalue weighted by Crippen LogP contribution is 2.28. The summed E-state index contributed by atoms with van der Waals surface area (Å²) in [4.78, 5) is 25.6. The van der Waals surface area contributed by atoms with E-state index in [0.29, 0.717) is 13.1 Å². The molecule has 1 aromatic rings. The van der Waals surface area contributed by atoms with Crippen LogP contribution in [0.25, 0.3) is 0 Å². The van der Waals surface area contributed by atoms with Crippen molar-refractivity contribution in [2.24, 2.45) is 5.92 Å². The van der Waals surface area contributed by atoms with Crippen LogP contribution in [0.3, 0.4) is 0 Å². The van der Waals surface area contributed by atoms with E-state index >= 15 is 0 Å². The minimum Gasteiger partial charge on any atom is -0.365 e. The van der Waals surface area contributed by atoms with Gasteiger partial charge in [-0.1, -0.05) is 6.07 Å². The second kappa shape index (κ2) is 6.08. The molecule has 1 saturated carbocycles. The molecule has 2 aliphatic rings. The van der Waals surface area contributed by atoms with Crippen molar-refractivity contribution in [1.29, 1.82) is 0 Å². The van der Waals surface area contributed by atoms with Gasteiger partial charge in [0.15, 0.2) is 0 Å². The van der Waals surface area contributed by atoms with Gasteiger partial charge in [0.25, 0.3) is 5.91 Å². The van der Waals surface area contributed by atoms with Crippen LogP contribution < -0.4 is 10.2 Å². The molecule has 118 valence electrons. The Labute approximate surface area is 130 Å². The van der Waals surface area contributed by atoms with Gasteiger partial charge in [0, 0.05) is 18.2 Å². The maximum atomic E-state index is 12.1. The molecule has 0 radical (unpaired) electrons. The first kappa shape index (κ1) is 15.0. The first-order valence-corrected chi connectivity index (χ1v) is 7.81. The summed E-state index contributed by atoms with van der Waals surface area (Å²) < 4.78 is 5.54. The zero-order valence-corrected chi connectivity index (χ0v) is 13.1. The first-order valence-electron chi connectivity index (χ1n) is 7.81. The molecule has 0 spiro atoms. The second-order valence-electron chi connectivity index (χ2n) is 6.23. The molecule has 1 saturated heterocycles. The average Bonchev–Trinajstić information content (AvgIpc) is 3.34. The quantitative estimate of drug-likeness (QED) is 0.918. The molecule has 1 atom stereocenters. The molecule has 1 heterocycles. The van der Waals surface area contributed by atoms with Crippen LogP contribution in [-0.4, -0.2) is 37.6 Å². The number of rotatable bonds is 4. The molecule has 2 amide bonds. The minimum atomic E-state index is -0.151. The Morgan fingerprint density at radius 3 is 2.77 bits per heavy atom. The SMILES string of the molecule is Cc1ccc(N2CC(CNC(=O)C3CC3)OCC2=O)cc1C. The van der Waals surface area contributed by atoms with Crippen molar-refractivity contribution in [2.75, 3.05) is 24.6 Å². The Morgan fingerprint density at radius 1 is 1.32 bits per heavy atom. The number of nitrogens with zero attached hydrogens (tertiary/aromatic N) is 1. The molecule has 22 heavy (non-hydrogen) atoms. The van der Waals surface area contributed by atoms with Gasteiger partial charge in [-0.2, -0.15) is 0 Å². The zero-order valence-electron chi connectivity index (χ0n) is 13.1. The average molecular weight is 302 g/mol. The van der Waals surface area contributed by atoms with E-state index in [0.717, 1.165) is 24.1 Å². The fourth-order valence-electron chi connectivity index (χ4n) is 2.60. The van der Waals surface area contributed by atoms with E-state index in [1.807, 2.05) is 25.1 Å². The summed E-state index contributed by atoms with van der Waals surface area (Å²) in [7, 11) is 0. The third kappa shape index (κ3) is 3.30. The van der Waals surface area contributed by atoms with E-state index < -0.39 is 0 Å². The summed E-state index contributed by atoms with van der Waals surface area (Å²) in [5.74, 6) is 0.271. The maximum absolute atomic E-state index is 12.1. The maximum Gasteiger partial charge on any atom is 0.253 e. The Bertz CT molecular complexity index is 596. The fourth-order valence-corrected chi connectivity index (χ4v) is 2.60. The molecule has 5 heteroatoms. The van der Waals surface area contributed by atoms with Crippen LogP contribution in [0.2, 0.25) is 0 Å². The number of ether oxygens (including phenoxy) is 1. The smallest absolute Gasteiger partial charge is 0.253 e. The molecular formula is C17H22N2O3. The molecule has 1 unspecified atom stereocenters. The number of hydrogen-bond donors (Lipinski definition) is 1. The first-order chi connectivity index (χ1) is 10.5. The number of hydrogen-bond acceptors (Lipinski definition) is 3. The third-order valence-corrected chi connectivity index (χ3v) is 4.38. The molecule has 5 nitrogen and oxygen atoms in total. The van der Waals surface area contributed by atoms with Crippen LogP contribution in [0.15, 0.2) is 18.2 Å². The van der Waals surface area contributed by atoms with Crippen molar-refractivity contribution in [2.45, 2.75) is 32.8 Å². The lowest BCUT2D eigenvalue weighted by Crippen LogP contribution is -2.50. The van der Waals surface area contributed by atoms with Gasteiger partial charge in [-0.05, 0) is 49.9 Å². The highest BCUT2D eigenvalue weighted by molar-refractivity contribution is 5.95. The molecule has 2 fully saturated rings. The van der Waals surface area contributed by atoms with Gasteiger partial charge >= 0.3 is 0 Å². The monoisotopic (exact) mass is 302 g/mol. The van der Waals surface area contributed by atoms with E-state index in [9.17, 15) is 9.59 Å². The largest absolute Gasteiger partial charge is 0.365 e. The fraction of sp³-hybridized carbons (Fsp3) is 0.529. The third-order valence-electron chi connectivity index (χ3n) is 4.38. The number of morpholine rings is 1. The predicted molar refractivity (Wildman–Crippen MR) is 83.7 cm³/mol. The number of aryl methyl sites for hydroxylation is 2. The molecule has 1 aliphatic heterocycles. The number of amides is 2. The van der Waals surface area contributed by atoms with Crippen molar-refractivity contribution < 1.29 is 14.3 Å². The van der Waals surface area contributed by atoms with Crippen LogP contribution in [0.4, 0.5) is 5.69 Å². The molecule has 1 aliphatic carbocycles. The normalized spacial score (nSPS) is 21.8. The summed E-state index contributed by atoms with van der Waals surface area (Å²) in [5.41, 5.74) is 3.27. The molecule has 1 aromatic carbocycles. The van der Waals surface area contributed by atoms with Crippen LogP contribution >= 0.6 is 0 Å². The number of benzene rings is 1. The minimum absolute atomic E-state index is 0.0342. The number of anilines is 1. The van der Waals surface area contributed by atoms with E-state index in [-0.39, 0.29) is 30.4 Å². The van der Waals surface area contributed by atoms with Gasteiger partial charge in [0.2, 0.25) is 5.91 Å². The zero-order chi connectivity index (χ0) is 15.7. The molecule has 0 bridgehead atoms. The van der Waals surface area contributed by atoms with Gasteiger partial charge in [0.1, 0.15) is 6.61 Å². The summed E-state index contributed by atoms with van der Waals surface area (Å²) in [6.07, 6.45) is 1.83. The van der Waals surface area contributed by atoms with E-state index in [1.54, 1.807) is 4.90 Å². The standard InChI is InChI=1S/C17H22N2O3/c1-11-3-6-14(7-12(11)2)19-9-15(22-10-16(19)20)8-18-17(21)13-4-5-13/h3,6-7,13,15H,4-5,8-10H2,1-2H3,(H,18,21). The van der Waals surface area contributed by atoms with Gasteiger partial charge in [0.05, 0.1) is 12.6 Å². The summed E-state index contributed by atoms with van der Waals surface area (Å²) >= 11 is 0. The molecule has 3 rings (SSSR count).